The topological polar surface area (TPSA) is 106 Å². The van der Waals surface area contributed by atoms with E-state index in [0.717, 1.165) is 30.4 Å². The number of pyridine rings is 1. The molecule has 9 heteroatoms. The lowest BCUT2D eigenvalue weighted by Gasteiger charge is -2.19. The van der Waals surface area contributed by atoms with Crippen LogP contribution in [0.5, 0.6) is 0 Å². The molecule has 1 fully saturated rings. The van der Waals surface area contributed by atoms with Crippen molar-refractivity contribution in [2.24, 2.45) is 0 Å². The summed E-state index contributed by atoms with van der Waals surface area (Å²) in [5.74, 6) is 0.155. The molecule has 0 radical (unpaired) electrons. The van der Waals surface area contributed by atoms with E-state index in [2.05, 4.69) is 15.1 Å². The molecule has 0 spiro atoms. The highest BCUT2D eigenvalue weighted by molar-refractivity contribution is 7.92. The van der Waals surface area contributed by atoms with Crippen molar-refractivity contribution in [3.05, 3.63) is 53.3 Å². The molecule has 1 unspecified atom stereocenters. The van der Waals surface area contributed by atoms with Crippen LogP contribution in [0, 0.1) is 0 Å². The van der Waals surface area contributed by atoms with E-state index in [1.54, 1.807) is 24.4 Å². The van der Waals surface area contributed by atoms with Gasteiger partial charge in [-0.1, -0.05) is 18.2 Å². The lowest BCUT2D eigenvalue weighted by Crippen LogP contribution is -2.28. The summed E-state index contributed by atoms with van der Waals surface area (Å²) < 4.78 is 27.8. The largest absolute Gasteiger partial charge is 0.345 e. The summed E-state index contributed by atoms with van der Waals surface area (Å²) in [6.45, 7) is 5.90. The molecule has 2 aromatic heterocycles. The van der Waals surface area contributed by atoms with Crippen molar-refractivity contribution in [3.63, 3.8) is 0 Å². The van der Waals surface area contributed by atoms with Crippen molar-refractivity contribution in [3.8, 4) is 0 Å². The number of nitrogens with zero attached hydrogens (tertiary/aromatic N) is 3. The lowest BCUT2D eigenvalue weighted by atomic mass is 10.0. The third kappa shape index (κ3) is 4.56. The molecule has 31 heavy (non-hydrogen) atoms. The van der Waals surface area contributed by atoms with E-state index < -0.39 is 16.1 Å². The fraction of sp³-hybridized carbons (Fsp3) is 0.409. The molecule has 2 heterocycles. The number of carbonyl (C=O) groups is 1. The molecule has 1 atom stereocenters. The van der Waals surface area contributed by atoms with Crippen molar-refractivity contribution in [2.45, 2.75) is 51.6 Å². The van der Waals surface area contributed by atoms with E-state index in [-0.39, 0.29) is 11.9 Å². The van der Waals surface area contributed by atoms with Crippen molar-refractivity contribution in [1.29, 1.82) is 0 Å². The van der Waals surface area contributed by atoms with Crippen LogP contribution in [-0.4, -0.2) is 35.3 Å². The molecule has 164 valence electrons. The number of aromatic nitrogens is 3. The number of benzene rings is 1. The molecule has 4 rings (SSSR count). The average molecular weight is 442 g/mol. The smallest absolute Gasteiger partial charge is 0.252 e. The first-order valence-corrected chi connectivity index (χ1v) is 12.3. The maximum Gasteiger partial charge on any atom is 0.252 e. The Morgan fingerprint density at radius 2 is 1.90 bits per heavy atom. The van der Waals surface area contributed by atoms with Crippen LogP contribution in [0.15, 0.2) is 36.5 Å². The van der Waals surface area contributed by atoms with Gasteiger partial charge in [0.15, 0.2) is 5.65 Å². The molecule has 0 aliphatic heterocycles. The Labute approximate surface area is 182 Å². The highest BCUT2D eigenvalue weighted by Gasteiger charge is 2.28. The van der Waals surface area contributed by atoms with Crippen LogP contribution in [0.4, 0.5) is 5.69 Å². The molecule has 3 aromatic rings. The van der Waals surface area contributed by atoms with Gasteiger partial charge in [-0.05, 0) is 51.3 Å². The monoisotopic (exact) mass is 441 g/mol. The van der Waals surface area contributed by atoms with E-state index in [1.807, 2.05) is 37.6 Å². The zero-order valence-corrected chi connectivity index (χ0v) is 18.9. The third-order valence-electron chi connectivity index (χ3n) is 5.39. The van der Waals surface area contributed by atoms with Crippen LogP contribution in [-0.2, 0) is 10.0 Å². The lowest BCUT2D eigenvalue weighted by molar-refractivity contribution is 0.0941. The second-order valence-electron chi connectivity index (χ2n) is 8.45. The van der Waals surface area contributed by atoms with E-state index in [1.165, 1.54) is 0 Å². The summed E-state index contributed by atoms with van der Waals surface area (Å²) >= 11 is 0. The number of carbonyl (C=O) groups excluding carboxylic acids is 1. The van der Waals surface area contributed by atoms with Crippen LogP contribution >= 0.6 is 0 Å². The minimum atomic E-state index is -3.44. The maximum absolute atomic E-state index is 13.3. The SMILES string of the molecule is CC(NC(=O)c1cc(C2CC2)nc2c1cnn2C(C)C)c1ccccc1NS(C)(=O)=O. The third-order valence-corrected chi connectivity index (χ3v) is 5.98. The average Bonchev–Trinajstić information content (AvgIpc) is 3.45. The van der Waals surface area contributed by atoms with Crippen molar-refractivity contribution >= 4 is 32.7 Å². The molecule has 1 saturated carbocycles. The Morgan fingerprint density at radius 1 is 1.19 bits per heavy atom. The summed E-state index contributed by atoms with van der Waals surface area (Å²) in [5.41, 5.74) is 3.32. The van der Waals surface area contributed by atoms with Gasteiger partial charge in [-0.15, -0.1) is 0 Å². The summed E-state index contributed by atoms with van der Waals surface area (Å²) in [7, 11) is -3.44. The van der Waals surface area contributed by atoms with Gasteiger partial charge in [0.05, 0.1) is 35.1 Å². The summed E-state index contributed by atoms with van der Waals surface area (Å²) in [6.07, 6.45) is 4.96. The Bertz CT molecular complexity index is 1250. The molecule has 1 amide bonds. The number of hydrogen-bond donors (Lipinski definition) is 2. The van der Waals surface area contributed by atoms with Gasteiger partial charge in [0.1, 0.15) is 0 Å². The molecular formula is C22H27N5O3S. The number of nitrogens with one attached hydrogen (secondary N) is 2. The zero-order chi connectivity index (χ0) is 22.3. The highest BCUT2D eigenvalue weighted by Crippen LogP contribution is 2.40. The van der Waals surface area contributed by atoms with Gasteiger partial charge >= 0.3 is 0 Å². The van der Waals surface area contributed by atoms with Crippen LogP contribution in [0.1, 0.15) is 73.2 Å². The van der Waals surface area contributed by atoms with E-state index >= 15 is 0 Å². The number of hydrogen-bond acceptors (Lipinski definition) is 5. The molecule has 2 N–H and O–H groups in total. The van der Waals surface area contributed by atoms with E-state index in [4.69, 9.17) is 4.98 Å². The predicted molar refractivity (Wildman–Crippen MR) is 121 cm³/mol. The first-order valence-electron chi connectivity index (χ1n) is 10.4. The van der Waals surface area contributed by atoms with Gasteiger partial charge in [0, 0.05) is 17.7 Å². The number of fused-ring (bicyclic) bond motifs is 1. The number of amides is 1. The number of para-hydroxylation sites is 1. The Balaban J connectivity index is 1.68. The van der Waals surface area contributed by atoms with Gasteiger partial charge < -0.3 is 5.32 Å². The summed E-state index contributed by atoms with van der Waals surface area (Å²) in [5, 5.41) is 8.18. The minimum Gasteiger partial charge on any atom is -0.345 e. The summed E-state index contributed by atoms with van der Waals surface area (Å²) in [4.78, 5) is 18.1. The zero-order valence-electron chi connectivity index (χ0n) is 18.1. The molecule has 8 nitrogen and oxygen atoms in total. The molecule has 0 bridgehead atoms. The van der Waals surface area contributed by atoms with Crippen molar-refractivity contribution in [2.75, 3.05) is 11.0 Å². The number of anilines is 1. The van der Waals surface area contributed by atoms with Crippen LogP contribution in [0.2, 0.25) is 0 Å². The van der Waals surface area contributed by atoms with Gasteiger partial charge in [-0.2, -0.15) is 5.10 Å². The Morgan fingerprint density at radius 3 is 2.55 bits per heavy atom. The second kappa shape index (κ2) is 7.96. The summed E-state index contributed by atoms with van der Waals surface area (Å²) in [6, 6.07) is 8.63. The molecular weight excluding hydrogens is 414 g/mol. The van der Waals surface area contributed by atoms with Gasteiger partial charge in [-0.25, -0.2) is 18.1 Å². The van der Waals surface area contributed by atoms with Crippen LogP contribution in [0.3, 0.4) is 0 Å². The van der Waals surface area contributed by atoms with Gasteiger partial charge in [0.25, 0.3) is 5.91 Å². The fourth-order valence-corrected chi connectivity index (χ4v) is 4.30. The van der Waals surface area contributed by atoms with Crippen molar-refractivity contribution < 1.29 is 13.2 Å². The first-order chi connectivity index (χ1) is 14.6. The van der Waals surface area contributed by atoms with Gasteiger partial charge in [-0.3, -0.25) is 9.52 Å². The van der Waals surface area contributed by atoms with Gasteiger partial charge in [0.2, 0.25) is 10.0 Å². The Hall–Kier alpha value is -2.94. The maximum atomic E-state index is 13.3. The molecule has 1 aromatic carbocycles. The standard InChI is InChI=1S/C22H27N5O3S/c1-13(2)27-21-18(12-23-27)17(11-20(25-21)15-9-10-15)22(28)24-14(3)16-7-5-6-8-19(16)26-31(4,29)30/h5-8,11-15,26H,9-10H2,1-4H3,(H,24,28). The fourth-order valence-electron chi connectivity index (χ4n) is 3.71. The van der Waals surface area contributed by atoms with E-state index in [9.17, 15) is 13.2 Å². The normalized spacial score (nSPS) is 15.3. The Kier molecular flexibility index (Phi) is 5.47. The minimum absolute atomic E-state index is 0.128. The number of rotatable bonds is 7. The predicted octanol–water partition coefficient (Wildman–Crippen LogP) is 3.75. The quantitative estimate of drug-likeness (QED) is 0.581. The molecule has 1 aliphatic rings. The highest BCUT2D eigenvalue weighted by atomic mass is 32.2. The van der Waals surface area contributed by atoms with Crippen molar-refractivity contribution in [1.82, 2.24) is 20.1 Å². The molecule has 1 aliphatic carbocycles. The first kappa shape index (κ1) is 21.3. The van der Waals surface area contributed by atoms with Crippen LogP contribution < -0.4 is 10.0 Å². The molecule has 0 saturated heterocycles. The van der Waals surface area contributed by atoms with Crippen LogP contribution in [0.25, 0.3) is 11.0 Å². The number of sulfonamides is 1. The van der Waals surface area contributed by atoms with E-state index in [0.29, 0.717) is 28.1 Å². The second-order valence-corrected chi connectivity index (χ2v) is 10.2.